The van der Waals surface area contributed by atoms with E-state index >= 15 is 0 Å². The maximum absolute atomic E-state index is 3.52. The SMILES string of the molecule is CCNCC1CC12CC(C)CCC2C. The molecule has 0 amide bonds. The second-order valence-corrected chi connectivity index (χ2v) is 5.73. The molecule has 1 nitrogen and oxygen atoms in total. The van der Waals surface area contributed by atoms with Crippen LogP contribution in [0.15, 0.2) is 0 Å². The van der Waals surface area contributed by atoms with Crippen molar-refractivity contribution in [3.8, 4) is 0 Å². The molecule has 0 radical (unpaired) electrons. The van der Waals surface area contributed by atoms with Gasteiger partial charge in [0.25, 0.3) is 0 Å². The summed E-state index contributed by atoms with van der Waals surface area (Å²) in [5.41, 5.74) is 0.764. The highest BCUT2D eigenvalue weighted by Gasteiger charge is 2.57. The van der Waals surface area contributed by atoms with Crippen molar-refractivity contribution in [1.82, 2.24) is 5.32 Å². The Morgan fingerprint density at radius 2 is 2.00 bits per heavy atom. The Morgan fingerprint density at radius 3 is 2.71 bits per heavy atom. The highest BCUT2D eigenvalue weighted by atomic mass is 14.9. The summed E-state index contributed by atoms with van der Waals surface area (Å²) in [5, 5.41) is 3.52. The first kappa shape index (κ1) is 10.5. The monoisotopic (exact) mass is 195 g/mol. The molecule has 0 aromatic heterocycles. The molecule has 0 aromatic rings. The van der Waals surface area contributed by atoms with Crippen molar-refractivity contribution in [3.63, 3.8) is 0 Å². The molecule has 0 bridgehead atoms. The van der Waals surface area contributed by atoms with Crippen LogP contribution < -0.4 is 5.32 Å². The molecule has 82 valence electrons. The van der Waals surface area contributed by atoms with Crippen LogP contribution in [0.3, 0.4) is 0 Å². The van der Waals surface area contributed by atoms with Crippen LogP contribution in [-0.2, 0) is 0 Å². The molecule has 1 heteroatoms. The van der Waals surface area contributed by atoms with Crippen LogP contribution in [0.1, 0.15) is 46.5 Å². The highest BCUT2D eigenvalue weighted by Crippen LogP contribution is 2.64. The smallest absolute Gasteiger partial charge is 0.00150 e. The largest absolute Gasteiger partial charge is 0.317 e. The molecule has 0 aliphatic heterocycles. The van der Waals surface area contributed by atoms with Crippen molar-refractivity contribution in [1.29, 1.82) is 0 Å². The van der Waals surface area contributed by atoms with Crippen LogP contribution >= 0.6 is 0 Å². The first-order valence-electron chi connectivity index (χ1n) is 6.39. The Bertz CT molecular complexity index is 201. The van der Waals surface area contributed by atoms with E-state index in [0.29, 0.717) is 0 Å². The molecule has 2 aliphatic carbocycles. The summed E-state index contributed by atoms with van der Waals surface area (Å²) in [6, 6.07) is 0. The molecule has 14 heavy (non-hydrogen) atoms. The van der Waals surface area contributed by atoms with Gasteiger partial charge in [0.05, 0.1) is 0 Å². The minimum atomic E-state index is 0.764. The van der Waals surface area contributed by atoms with Crippen molar-refractivity contribution in [2.45, 2.75) is 46.5 Å². The molecule has 1 N–H and O–H groups in total. The molecule has 2 rings (SSSR count). The molecule has 2 saturated carbocycles. The Hall–Kier alpha value is -0.0400. The summed E-state index contributed by atoms with van der Waals surface area (Å²) < 4.78 is 0. The lowest BCUT2D eigenvalue weighted by molar-refractivity contribution is 0.163. The zero-order chi connectivity index (χ0) is 10.2. The van der Waals surface area contributed by atoms with E-state index in [-0.39, 0.29) is 0 Å². The minimum Gasteiger partial charge on any atom is -0.317 e. The highest BCUT2D eigenvalue weighted by molar-refractivity contribution is 5.08. The third-order valence-corrected chi connectivity index (χ3v) is 4.72. The van der Waals surface area contributed by atoms with E-state index in [1.165, 1.54) is 32.2 Å². The Morgan fingerprint density at radius 1 is 1.21 bits per heavy atom. The number of rotatable bonds is 3. The van der Waals surface area contributed by atoms with Gasteiger partial charge < -0.3 is 5.32 Å². The van der Waals surface area contributed by atoms with Crippen molar-refractivity contribution < 1.29 is 0 Å². The van der Waals surface area contributed by atoms with Crippen molar-refractivity contribution in [3.05, 3.63) is 0 Å². The quantitative estimate of drug-likeness (QED) is 0.730. The van der Waals surface area contributed by atoms with E-state index in [0.717, 1.165) is 29.7 Å². The predicted octanol–water partition coefficient (Wildman–Crippen LogP) is 3.06. The minimum absolute atomic E-state index is 0.764. The summed E-state index contributed by atoms with van der Waals surface area (Å²) in [4.78, 5) is 0. The van der Waals surface area contributed by atoms with Gasteiger partial charge in [-0.2, -0.15) is 0 Å². The first-order chi connectivity index (χ1) is 6.69. The lowest BCUT2D eigenvalue weighted by atomic mass is 9.71. The van der Waals surface area contributed by atoms with E-state index in [4.69, 9.17) is 0 Å². The van der Waals surface area contributed by atoms with Gasteiger partial charge in [-0.05, 0) is 55.5 Å². The second-order valence-electron chi connectivity index (χ2n) is 5.73. The summed E-state index contributed by atoms with van der Waals surface area (Å²) >= 11 is 0. The third kappa shape index (κ3) is 1.71. The molecule has 0 aromatic carbocycles. The van der Waals surface area contributed by atoms with Gasteiger partial charge >= 0.3 is 0 Å². The standard InChI is InChI=1S/C13H25N/c1-4-14-9-12-8-13(12)7-10(2)5-6-11(13)3/h10-12,14H,4-9H2,1-3H3. The second kappa shape index (κ2) is 3.84. The molecular formula is C13H25N. The fourth-order valence-electron chi connectivity index (χ4n) is 3.62. The van der Waals surface area contributed by atoms with Crippen molar-refractivity contribution in [2.75, 3.05) is 13.1 Å². The van der Waals surface area contributed by atoms with Gasteiger partial charge in [-0.15, -0.1) is 0 Å². The van der Waals surface area contributed by atoms with E-state index < -0.39 is 0 Å². The molecular weight excluding hydrogens is 170 g/mol. The zero-order valence-electron chi connectivity index (χ0n) is 9.97. The topological polar surface area (TPSA) is 12.0 Å². The average molecular weight is 195 g/mol. The molecule has 1 spiro atoms. The maximum Gasteiger partial charge on any atom is -0.00150 e. The number of hydrogen-bond acceptors (Lipinski definition) is 1. The Kier molecular flexibility index (Phi) is 2.88. The lowest BCUT2D eigenvalue weighted by Crippen LogP contribution is -2.28. The number of nitrogens with one attached hydrogen (secondary N) is 1. The third-order valence-electron chi connectivity index (χ3n) is 4.72. The normalized spacial score (nSPS) is 46.9. The van der Waals surface area contributed by atoms with Crippen LogP contribution in [0.5, 0.6) is 0 Å². The van der Waals surface area contributed by atoms with Crippen LogP contribution in [0.25, 0.3) is 0 Å². The average Bonchev–Trinajstić information content (AvgIpc) is 2.84. The molecule has 4 unspecified atom stereocenters. The van der Waals surface area contributed by atoms with Crippen LogP contribution in [0.2, 0.25) is 0 Å². The predicted molar refractivity (Wildman–Crippen MR) is 61.3 cm³/mol. The summed E-state index contributed by atoms with van der Waals surface area (Å²) in [5.74, 6) is 2.97. The van der Waals surface area contributed by atoms with Gasteiger partial charge in [0, 0.05) is 0 Å². The van der Waals surface area contributed by atoms with Gasteiger partial charge in [0.15, 0.2) is 0 Å². The van der Waals surface area contributed by atoms with Crippen molar-refractivity contribution in [2.24, 2.45) is 23.2 Å². The summed E-state index contributed by atoms with van der Waals surface area (Å²) in [6.07, 6.45) is 5.95. The molecule has 2 aliphatic rings. The molecule has 0 saturated heterocycles. The fraction of sp³-hybridized carbons (Fsp3) is 1.00. The van der Waals surface area contributed by atoms with Crippen LogP contribution in [-0.4, -0.2) is 13.1 Å². The van der Waals surface area contributed by atoms with Gasteiger partial charge in [0.2, 0.25) is 0 Å². The van der Waals surface area contributed by atoms with Gasteiger partial charge in [-0.25, -0.2) is 0 Å². The summed E-state index contributed by atoms with van der Waals surface area (Å²) in [6.45, 7) is 9.54. The van der Waals surface area contributed by atoms with Crippen molar-refractivity contribution >= 4 is 0 Å². The van der Waals surface area contributed by atoms with E-state index in [2.05, 4.69) is 26.1 Å². The van der Waals surface area contributed by atoms with Crippen LogP contribution in [0, 0.1) is 23.2 Å². The van der Waals surface area contributed by atoms with E-state index in [1.807, 2.05) is 0 Å². The Balaban J connectivity index is 1.89. The van der Waals surface area contributed by atoms with Gasteiger partial charge in [-0.3, -0.25) is 0 Å². The Labute approximate surface area is 88.7 Å². The van der Waals surface area contributed by atoms with Crippen LogP contribution in [0.4, 0.5) is 0 Å². The molecule has 0 heterocycles. The fourth-order valence-corrected chi connectivity index (χ4v) is 3.62. The van der Waals surface area contributed by atoms with E-state index in [9.17, 15) is 0 Å². The lowest BCUT2D eigenvalue weighted by Gasteiger charge is -2.34. The molecule has 2 fully saturated rings. The van der Waals surface area contributed by atoms with Gasteiger partial charge in [0.1, 0.15) is 0 Å². The van der Waals surface area contributed by atoms with Gasteiger partial charge in [-0.1, -0.05) is 27.2 Å². The molecule has 4 atom stereocenters. The number of hydrogen-bond donors (Lipinski definition) is 1. The summed E-state index contributed by atoms with van der Waals surface area (Å²) in [7, 11) is 0. The zero-order valence-corrected chi connectivity index (χ0v) is 9.97. The maximum atomic E-state index is 3.52. The van der Waals surface area contributed by atoms with E-state index in [1.54, 1.807) is 0 Å². The first-order valence-corrected chi connectivity index (χ1v) is 6.39.